The molecule has 0 saturated heterocycles. The van der Waals surface area contributed by atoms with Crippen molar-refractivity contribution >= 4 is 5.69 Å². The molecule has 2 N–H and O–H groups in total. The zero-order chi connectivity index (χ0) is 18.1. The van der Waals surface area contributed by atoms with Crippen molar-refractivity contribution in [2.45, 2.75) is 37.4 Å². The number of aromatic hydroxyl groups is 1. The van der Waals surface area contributed by atoms with Gasteiger partial charge in [0.1, 0.15) is 5.75 Å². The SMILES string of the molecule is Oc1ccc([C@@H]2Nc3ccc(C(F)(F)F)cc3[C@H]3[C@@H]4CC[C@@H](C4)[C@H]32)cc1. The molecule has 2 bridgehead atoms. The average molecular weight is 359 g/mol. The van der Waals surface area contributed by atoms with E-state index in [1.54, 1.807) is 18.2 Å². The van der Waals surface area contributed by atoms with Gasteiger partial charge >= 0.3 is 6.18 Å². The normalized spacial score (nSPS) is 32.0. The van der Waals surface area contributed by atoms with Crippen molar-refractivity contribution < 1.29 is 18.3 Å². The van der Waals surface area contributed by atoms with Gasteiger partial charge in [0.05, 0.1) is 11.6 Å². The van der Waals surface area contributed by atoms with E-state index in [-0.39, 0.29) is 17.7 Å². The molecular weight excluding hydrogens is 339 g/mol. The van der Waals surface area contributed by atoms with Crippen LogP contribution in [0.4, 0.5) is 18.9 Å². The third-order valence-electron chi connectivity index (χ3n) is 6.67. The number of phenols is 1. The first kappa shape index (κ1) is 16.0. The van der Waals surface area contributed by atoms with Crippen molar-refractivity contribution in [1.82, 2.24) is 0 Å². The van der Waals surface area contributed by atoms with Gasteiger partial charge in [0, 0.05) is 5.69 Å². The Balaban J connectivity index is 1.61. The topological polar surface area (TPSA) is 32.3 Å². The van der Waals surface area contributed by atoms with Gasteiger partial charge < -0.3 is 10.4 Å². The molecule has 0 radical (unpaired) electrons. The molecule has 2 aliphatic carbocycles. The Morgan fingerprint density at radius 3 is 2.42 bits per heavy atom. The molecular formula is C21H20F3NO. The summed E-state index contributed by atoms with van der Waals surface area (Å²) in [4.78, 5) is 0. The lowest BCUT2D eigenvalue weighted by atomic mass is 9.68. The van der Waals surface area contributed by atoms with Gasteiger partial charge in [-0.05, 0) is 84.4 Å². The highest BCUT2D eigenvalue weighted by Gasteiger charge is 2.54. The highest BCUT2D eigenvalue weighted by atomic mass is 19.4. The average Bonchev–Trinajstić information content (AvgIpc) is 3.23. The molecule has 5 rings (SSSR count). The molecule has 5 heteroatoms. The maximum Gasteiger partial charge on any atom is 0.416 e. The van der Waals surface area contributed by atoms with Gasteiger partial charge in [-0.3, -0.25) is 0 Å². The molecule has 1 heterocycles. The highest BCUT2D eigenvalue weighted by Crippen LogP contribution is 2.64. The van der Waals surface area contributed by atoms with E-state index in [0.717, 1.165) is 36.1 Å². The number of hydrogen-bond donors (Lipinski definition) is 2. The lowest BCUT2D eigenvalue weighted by Crippen LogP contribution is -2.35. The van der Waals surface area contributed by atoms with Crippen LogP contribution in [0.25, 0.3) is 0 Å². The maximum atomic E-state index is 13.2. The van der Waals surface area contributed by atoms with Crippen LogP contribution in [-0.4, -0.2) is 5.11 Å². The zero-order valence-electron chi connectivity index (χ0n) is 14.1. The van der Waals surface area contributed by atoms with E-state index in [2.05, 4.69) is 5.32 Å². The lowest BCUT2D eigenvalue weighted by Gasteiger charge is -2.43. The predicted molar refractivity (Wildman–Crippen MR) is 93.0 cm³/mol. The van der Waals surface area contributed by atoms with Crippen LogP contribution < -0.4 is 5.32 Å². The molecule has 0 spiro atoms. The minimum atomic E-state index is -4.31. The van der Waals surface area contributed by atoms with Gasteiger partial charge in [0.2, 0.25) is 0 Å². The van der Waals surface area contributed by atoms with E-state index in [0.29, 0.717) is 17.8 Å². The molecule has 3 aliphatic rings. The third-order valence-corrected chi connectivity index (χ3v) is 6.67. The number of fused-ring (bicyclic) bond motifs is 7. The molecule has 1 aliphatic heterocycles. The number of benzene rings is 2. The Morgan fingerprint density at radius 1 is 0.962 bits per heavy atom. The van der Waals surface area contributed by atoms with Crippen LogP contribution in [0, 0.1) is 17.8 Å². The predicted octanol–water partition coefficient (Wildman–Crippen LogP) is 5.71. The first-order valence-electron chi connectivity index (χ1n) is 9.18. The molecule has 26 heavy (non-hydrogen) atoms. The van der Waals surface area contributed by atoms with Crippen LogP contribution in [0.3, 0.4) is 0 Å². The summed E-state index contributed by atoms with van der Waals surface area (Å²) >= 11 is 0. The van der Waals surface area contributed by atoms with Crippen molar-refractivity contribution in [1.29, 1.82) is 0 Å². The molecule has 136 valence electrons. The van der Waals surface area contributed by atoms with Crippen LogP contribution in [0.15, 0.2) is 42.5 Å². The van der Waals surface area contributed by atoms with Gasteiger partial charge in [-0.1, -0.05) is 12.1 Å². The molecule has 2 aromatic carbocycles. The number of phenolic OH excluding ortho intramolecular Hbond substituents is 1. The summed E-state index contributed by atoms with van der Waals surface area (Å²) in [5.41, 5.74) is 2.20. The molecule has 0 unspecified atom stereocenters. The van der Waals surface area contributed by atoms with E-state index < -0.39 is 11.7 Å². The van der Waals surface area contributed by atoms with E-state index in [1.165, 1.54) is 12.1 Å². The highest BCUT2D eigenvalue weighted by molar-refractivity contribution is 5.60. The lowest BCUT2D eigenvalue weighted by molar-refractivity contribution is -0.137. The smallest absolute Gasteiger partial charge is 0.416 e. The monoisotopic (exact) mass is 359 g/mol. The Labute approximate surface area is 150 Å². The summed E-state index contributed by atoms with van der Waals surface area (Å²) in [6.45, 7) is 0. The Hall–Kier alpha value is -2.17. The minimum absolute atomic E-state index is 0.0835. The molecule has 2 nitrogen and oxygen atoms in total. The Bertz CT molecular complexity index is 845. The fraction of sp³-hybridized carbons (Fsp3) is 0.429. The van der Waals surface area contributed by atoms with Crippen molar-refractivity contribution in [3.8, 4) is 5.75 Å². The van der Waals surface area contributed by atoms with Crippen LogP contribution >= 0.6 is 0 Å². The second kappa shape index (κ2) is 5.41. The molecule has 0 aromatic heterocycles. The molecule has 2 fully saturated rings. The number of halogens is 3. The van der Waals surface area contributed by atoms with E-state index in [1.807, 2.05) is 12.1 Å². The standard InChI is InChI=1S/C21H20F3NO/c22-21(23,24)14-5-8-17-16(10-14)18-12-1-2-13(9-12)19(18)20(25-17)11-3-6-15(26)7-4-11/h3-8,10,12-13,18-20,25-26H,1-2,9H2/t12-,13+,18-,19-,20+/m1/s1. The molecule has 5 atom stereocenters. The van der Waals surface area contributed by atoms with E-state index >= 15 is 0 Å². The summed E-state index contributed by atoms with van der Waals surface area (Å²) in [5, 5.41) is 13.1. The number of anilines is 1. The number of nitrogens with one attached hydrogen (secondary N) is 1. The quantitative estimate of drug-likeness (QED) is 0.684. The van der Waals surface area contributed by atoms with Crippen LogP contribution in [0.2, 0.25) is 0 Å². The molecule has 0 amide bonds. The summed E-state index contributed by atoms with van der Waals surface area (Å²) in [6, 6.07) is 11.4. The first-order chi connectivity index (χ1) is 12.4. The van der Waals surface area contributed by atoms with Gasteiger partial charge in [-0.15, -0.1) is 0 Å². The first-order valence-corrected chi connectivity index (χ1v) is 9.18. The van der Waals surface area contributed by atoms with Crippen LogP contribution in [0.1, 0.15) is 47.9 Å². The fourth-order valence-electron chi connectivity index (χ4n) is 5.67. The Morgan fingerprint density at radius 2 is 1.69 bits per heavy atom. The van der Waals surface area contributed by atoms with E-state index in [4.69, 9.17) is 0 Å². The number of alkyl halides is 3. The van der Waals surface area contributed by atoms with Gasteiger partial charge in [-0.25, -0.2) is 0 Å². The van der Waals surface area contributed by atoms with Crippen molar-refractivity contribution in [2.24, 2.45) is 17.8 Å². The summed E-state index contributed by atoms with van der Waals surface area (Å²) in [5.74, 6) is 1.76. The van der Waals surface area contributed by atoms with Crippen molar-refractivity contribution in [3.63, 3.8) is 0 Å². The summed E-state index contributed by atoms with van der Waals surface area (Å²) in [6.07, 6.45) is -0.919. The number of rotatable bonds is 1. The second-order valence-electron chi connectivity index (χ2n) is 7.95. The summed E-state index contributed by atoms with van der Waals surface area (Å²) in [7, 11) is 0. The summed E-state index contributed by atoms with van der Waals surface area (Å²) < 4.78 is 39.7. The van der Waals surface area contributed by atoms with E-state index in [9.17, 15) is 18.3 Å². The Kier molecular flexibility index (Phi) is 3.34. The largest absolute Gasteiger partial charge is 0.508 e. The van der Waals surface area contributed by atoms with Gasteiger partial charge in [0.25, 0.3) is 0 Å². The van der Waals surface area contributed by atoms with Crippen molar-refractivity contribution in [2.75, 3.05) is 5.32 Å². The van der Waals surface area contributed by atoms with Gasteiger partial charge in [0.15, 0.2) is 0 Å². The molecule has 2 saturated carbocycles. The van der Waals surface area contributed by atoms with Crippen LogP contribution in [0.5, 0.6) is 5.75 Å². The number of hydrogen-bond acceptors (Lipinski definition) is 2. The third kappa shape index (κ3) is 2.32. The maximum absolute atomic E-state index is 13.2. The fourth-order valence-corrected chi connectivity index (χ4v) is 5.67. The second-order valence-corrected chi connectivity index (χ2v) is 7.95. The van der Waals surface area contributed by atoms with Crippen molar-refractivity contribution in [3.05, 3.63) is 59.2 Å². The minimum Gasteiger partial charge on any atom is -0.508 e. The van der Waals surface area contributed by atoms with Gasteiger partial charge in [-0.2, -0.15) is 13.2 Å². The van der Waals surface area contributed by atoms with Crippen LogP contribution in [-0.2, 0) is 6.18 Å². The molecule has 2 aromatic rings. The zero-order valence-corrected chi connectivity index (χ0v) is 14.1.